The van der Waals surface area contributed by atoms with E-state index in [1.807, 2.05) is 36.4 Å². The molecule has 0 bridgehead atoms. The number of carbonyl (C=O) groups excluding carboxylic acids is 1. The normalized spacial score (nSPS) is 10.1. The highest BCUT2D eigenvalue weighted by atomic mass is 16.5. The van der Waals surface area contributed by atoms with Crippen molar-refractivity contribution < 1.29 is 14.3 Å². The van der Waals surface area contributed by atoms with Gasteiger partial charge in [-0.1, -0.05) is 18.2 Å². The Balaban J connectivity index is 1.86. The summed E-state index contributed by atoms with van der Waals surface area (Å²) in [4.78, 5) is 11.7. The number of nitrogens with one attached hydrogen (secondary N) is 2. The first-order valence-electron chi connectivity index (χ1n) is 7.51. The number of ether oxygens (including phenoxy) is 2. The van der Waals surface area contributed by atoms with Crippen LogP contribution in [0.15, 0.2) is 53.6 Å². The van der Waals surface area contributed by atoms with Gasteiger partial charge in [-0.25, -0.2) is 5.43 Å². The van der Waals surface area contributed by atoms with Crippen LogP contribution in [0.25, 0.3) is 0 Å². The highest BCUT2D eigenvalue weighted by molar-refractivity contribution is 5.84. The third-order valence-corrected chi connectivity index (χ3v) is 3.11. The molecule has 0 aromatic heterocycles. The van der Waals surface area contributed by atoms with E-state index in [9.17, 15) is 4.79 Å². The molecule has 0 saturated heterocycles. The zero-order valence-corrected chi connectivity index (χ0v) is 13.7. The summed E-state index contributed by atoms with van der Waals surface area (Å²) in [5.41, 5.74) is 4.02. The number of hydrogen-bond donors (Lipinski definition) is 2. The van der Waals surface area contributed by atoms with Crippen LogP contribution < -0.4 is 20.2 Å². The molecule has 0 aliphatic heterocycles. The van der Waals surface area contributed by atoms with Crippen molar-refractivity contribution in [1.82, 2.24) is 5.43 Å². The maximum Gasteiger partial charge on any atom is 0.259 e. The lowest BCUT2D eigenvalue weighted by atomic mass is 10.2. The predicted octanol–water partition coefficient (Wildman–Crippen LogP) is 2.16. The molecule has 2 N–H and O–H groups in total. The summed E-state index contributed by atoms with van der Waals surface area (Å²) in [5.74, 6) is 0.689. The van der Waals surface area contributed by atoms with Gasteiger partial charge in [-0.3, -0.25) is 4.79 Å². The van der Waals surface area contributed by atoms with E-state index in [0.717, 1.165) is 11.3 Å². The summed E-state index contributed by atoms with van der Waals surface area (Å²) in [6, 6.07) is 16.4. The predicted molar refractivity (Wildman–Crippen MR) is 94.8 cm³/mol. The second-order valence-electron chi connectivity index (χ2n) is 4.87. The molecule has 1 amide bonds. The van der Waals surface area contributed by atoms with Crippen LogP contribution in [0.4, 0.5) is 5.69 Å². The van der Waals surface area contributed by atoms with Gasteiger partial charge in [0.15, 0.2) is 18.1 Å². The van der Waals surface area contributed by atoms with Gasteiger partial charge in [-0.05, 0) is 35.9 Å². The molecule has 0 spiro atoms. The number of carbonyl (C=O) groups is 1. The Labute approximate surface area is 145 Å². The maximum atomic E-state index is 11.7. The first-order chi connectivity index (χ1) is 12.2. The molecule has 0 aliphatic carbocycles. The van der Waals surface area contributed by atoms with Crippen molar-refractivity contribution in [2.45, 2.75) is 0 Å². The smallest absolute Gasteiger partial charge is 0.259 e. The number of rotatable bonds is 8. The van der Waals surface area contributed by atoms with Crippen LogP contribution in [-0.4, -0.2) is 32.4 Å². The van der Waals surface area contributed by atoms with Crippen LogP contribution in [0.2, 0.25) is 0 Å². The number of anilines is 1. The van der Waals surface area contributed by atoms with E-state index in [1.54, 1.807) is 18.2 Å². The van der Waals surface area contributed by atoms with Gasteiger partial charge in [-0.2, -0.15) is 10.4 Å². The number of nitriles is 1. The zero-order valence-electron chi connectivity index (χ0n) is 13.7. The van der Waals surface area contributed by atoms with Crippen molar-refractivity contribution in [3.05, 3.63) is 54.1 Å². The van der Waals surface area contributed by atoms with Gasteiger partial charge < -0.3 is 14.8 Å². The lowest BCUT2D eigenvalue weighted by Gasteiger charge is -2.08. The molecule has 7 heteroatoms. The molecule has 2 rings (SSSR count). The second kappa shape index (κ2) is 9.57. The molecule has 2 aromatic carbocycles. The molecule has 0 aliphatic rings. The molecular formula is C18H18N4O3. The molecule has 128 valence electrons. The Kier molecular flexibility index (Phi) is 6.82. The van der Waals surface area contributed by atoms with Crippen molar-refractivity contribution >= 4 is 17.8 Å². The third-order valence-electron chi connectivity index (χ3n) is 3.11. The van der Waals surface area contributed by atoms with Crippen LogP contribution in [-0.2, 0) is 4.79 Å². The molecule has 0 radical (unpaired) electrons. The minimum Gasteiger partial charge on any atom is -0.493 e. The van der Waals surface area contributed by atoms with E-state index in [1.165, 1.54) is 13.3 Å². The molecule has 2 aromatic rings. The Morgan fingerprint density at radius 2 is 2.04 bits per heavy atom. The molecule has 7 nitrogen and oxygen atoms in total. The van der Waals surface area contributed by atoms with E-state index >= 15 is 0 Å². The van der Waals surface area contributed by atoms with Gasteiger partial charge in [-0.15, -0.1) is 0 Å². The number of para-hydroxylation sites is 1. The van der Waals surface area contributed by atoms with E-state index in [0.29, 0.717) is 11.5 Å². The average molecular weight is 338 g/mol. The van der Waals surface area contributed by atoms with Crippen molar-refractivity contribution in [1.29, 1.82) is 5.26 Å². The van der Waals surface area contributed by atoms with Crippen molar-refractivity contribution in [3.8, 4) is 17.6 Å². The number of hydrazone groups is 1. The Bertz CT molecular complexity index is 770. The molecule has 0 unspecified atom stereocenters. The number of benzene rings is 2. The van der Waals surface area contributed by atoms with Gasteiger partial charge in [0.05, 0.1) is 19.9 Å². The van der Waals surface area contributed by atoms with Crippen LogP contribution in [0.3, 0.4) is 0 Å². The van der Waals surface area contributed by atoms with Crippen LogP contribution in [0.1, 0.15) is 5.56 Å². The van der Waals surface area contributed by atoms with Gasteiger partial charge in [0.25, 0.3) is 5.91 Å². The van der Waals surface area contributed by atoms with Gasteiger partial charge in [0.2, 0.25) is 0 Å². The average Bonchev–Trinajstić information content (AvgIpc) is 2.66. The largest absolute Gasteiger partial charge is 0.493 e. The monoisotopic (exact) mass is 338 g/mol. The molecule has 25 heavy (non-hydrogen) atoms. The molecular weight excluding hydrogens is 320 g/mol. The van der Waals surface area contributed by atoms with Gasteiger partial charge >= 0.3 is 0 Å². The number of amides is 1. The first-order valence-corrected chi connectivity index (χ1v) is 7.51. The van der Waals surface area contributed by atoms with Crippen molar-refractivity contribution in [3.63, 3.8) is 0 Å². The minimum atomic E-state index is -0.263. The summed E-state index contributed by atoms with van der Waals surface area (Å²) in [6.45, 7) is 0.0554. The fourth-order valence-corrected chi connectivity index (χ4v) is 1.95. The number of hydrogen-bond acceptors (Lipinski definition) is 6. The molecule has 0 heterocycles. The highest BCUT2D eigenvalue weighted by Gasteiger charge is 2.05. The van der Waals surface area contributed by atoms with Crippen LogP contribution in [0.5, 0.6) is 11.5 Å². The van der Waals surface area contributed by atoms with E-state index in [4.69, 9.17) is 14.7 Å². The fraction of sp³-hybridized carbons (Fsp3) is 0.167. The minimum absolute atomic E-state index is 0.0612. The molecule has 0 fully saturated rings. The fourth-order valence-electron chi connectivity index (χ4n) is 1.95. The van der Waals surface area contributed by atoms with Crippen molar-refractivity contribution in [2.75, 3.05) is 25.6 Å². The standard InChI is InChI=1S/C18H18N4O3/c1-24-17-11-14(7-8-16(17)25-10-9-19)12-21-22-18(23)13-20-15-5-3-2-4-6-15/h2-8,11-12,20H,10,13H2,1H3,(H,22,23)/b21-12-. The Morgan fingerprint density at radius 3 is 2.76 bits per heavy atom. The summed E-state index contributed by atoms with van der Waals surface area (Å²) in [5, 5.41) is 15.4. The first kappa shape index (κ1) is 17.8. The second-order valence-corrected chi connectivity index (χ2v) is 4.87. The van der Waals surface area contributed by atoms with Crippen LogP contribution >= 0.6 is 0 Å². The summed E-state index contributed by atoms with van der Waals surface area (Å²) in [7, 11) is 1.51. The summed E-state index contributed by atoms with van der Waals surface area (Å²) in [6.07, 6.45) is 1.50. The lowest BCUT2D eigenvalue weighted by molar-refractivity contribution is -0.119. The summed E-state index contributed by atoms with van der Waals surface area (Å²) >= 11 is 0. The van der Waals surface area contributed by atoms with Gasteiger partial charge in [0.1, 0.15) is 6.07 Å². The molecule has 0 atom stereocenters. The van der Waals surface area contributed by atoms with Crippen molar-refractivity contribution in [2.24, 2.45) is 5.10 Å². The zero-order chi connectivity index (χ0) is 17.9. The van der Waals surface area contributed by atoms with E-state index < -0.39 is 0 Å². The van der Waals surface area contributed by atoms with Crippen LogP contribution in [0, 0.1) is 11.3 Å². The quantitative estimate of drug-likeness (QED) is 0.568. The molecule has 0 saturated carbocycles. The SMILES string of the molecule is COc1cc(/C=N\NC(=O)CNc2ccccc2)ccc1OCC#N. The van der Waals surface area contributed by atoms with E-state index in [2.05, 4.69) is 15.8 Å². The number of nitrogens with zero attached hydrogens (tertiary/aromatic N) is 2. The number of methoxy groups -OCH3 is 1. The Morgan fingerprint density at radius 1 is 1.24 bits per heavy atom. The third kappa shape index (κ3) is 5.88. The maximum absolute atomic E-state index is 11.7. The van der Waals surface area contributed by atoms with Gasteiger partial charge in [0, 0.05) is 5.69 Å². The summed E-state index contributed by atoms with van der Waals surface area (Å²) < 4.78 is 10.4. The van der Waals surface area contributed by atoms with E-state index in [-0.39, 0.29) is 19.1 Å². The lowest BCUT2D eigenvalue weighted by Crippen LogP contribution is -2.25. The Hall–Kier alpha value is -3.53. The highest BCUT2D eigenvalue weighted by Crippen LogP contribution is 2.27. The topological polar surface area (TPSA) is 95.7 Å².